The lowest BCUT2D eigenvalue weighted by atomic mass is 9.96. The first-order chi connectivity index (χ1) is 20.7. The minimum absolute atomic E-state index is 0.0118. The first-order valence-electron chi connectivity index (χ1n) is 16.4. The summed E-state index contributed by atoms with van der Waals surface area (Å²) in [7, 11) is 2.04. The molecule has 3 aromatic rings. The third-order valence-corrected chi connectivity index (χ3v) is 7.75. The van der Waals surface area contributed by atoms with E-state index in [-0.39, 0.29) is 24.5 Å². The van der Waals surface area contributed by atoms with Crippen molar-refractivity contribution < 1.29 is 9.90 Å². The molecule has 0 aliphatic heterocycles. The predicted molar refractivity (Wildman–Crippen MR) is 188 cm³/mol. The molecular formula is C35H59N5O2S. The topological polar surface area (TPSA) is 82.4 Å². The lowest BCUT2D eigenvalue weighted by molar-refractivity contribution is -0.115. The fraction of sp³-hybridized carbons (Fsp3) is 0.600. The maximum atomic E-state index is 11.9. The van der Waals surface area contributed by atoms with Crippen LogP contribution in [-0.2, 0) is 16.8 Å². The quantitative estimate of drug-likeness (QED) is 0.127. The minimum atomic E-state index is -0.134. The summed E-state index contributed by atoms with van der Waals surface area (Å²) < 4.78 is 4.41. The zero-order valence-corrected chi connectivity index (χ0v) is 29.2. The van der Waals surface area contributed by atoms with E-state index in [1.165, 1.54) is 44.9 Å². The Bertz CT molecular complexity index is 1150. The van der Waals surface area contributed by atoms with Gasteiger partial charge in [-0.1, -0.05) is 93.4 Å². The maximum absolute atomic E-state index is 11.9. The second-order valence-corrected chi connectivity index (χ2v) is 12.3. The second kappa shape index (κ2) is 21.2. The van der Waals surface area contributed by atoms with Crippen LogP contribution in [0.1, 0.15) is 106 Å². The van der Waals surface area contributed by atoms with Crippen LogP contribution in [0.5, 0.6) is 0 Å². The van der Waals surface area contributed by atoms with Crippen molar-refractivity contribution in [2.24, 2.45) is 0 Å². The number of anilines is 2. The number of carbonyl (C=O) groups excluding carboxylic acids is 1. The normalized spacial score (nSPS) is 12.9. The summed E-state index contributed by atoms with van der Waals surface area (Å²) in [6.07, 6.45) is 10.5. The van der Waals surface area contributed by atoms with Crippen molar-refractivity contribution in [3.63, 3.8) is 0 Å². The summed E-state index contributed by atoms with van der Waals surface area (Å²) in [4.78, 5) is 17.9. The number of imidazole rings is 1. The fourth-order valence-corrected chi connectivity index (χ4v) is 5.53. The highest BCUT2D eigenvalue weighted by Crippen LogP contribution is 2.32. The van der Waals surface area contributed by atoms with Gasteiger partial charge in [0, 0.05) is 41.8 Å². The molecule has 242 valence electrons. The standard InChI is InChI=1S/C24H33N5O2S.C7H14.2C2H6/c1-6-29-21-12-9-18(15-20(21)27-23(29)24(2,3)4)28(5)32-19-10-7-17(8-11-19)26-22(31)16-25-13-14-30;1-2-4-6-7-5-3-1;2*1-2/h7-12,15,25,30H,6,13-14,16H2,1-5H3,(H,26,31);1-7H2;2*1-2H3. The Kier molecular flexibility index (Phi) is 19.0. The summed E-state index contributed by atoms with van der Waals surface area (Å²) in [5, 5.41) is 14.5. The number of fused-ring (bicyclic) bond motifs is 1. The Hall–Kier alpha value is -2.55. The number of carbonyl (C=O) groups is 1. The van der Waals surface area contributed by atoms with Crippen molar-refractivity contribution >= 4 is 40.3 Å². The molecule has 1 heterocycles. The zero-order chi connectivity index (χ0) is 32.3. The van der Waals surface area contributed by atoms with Crippen molar-refractivity contribution in [1.29, 1.82) is 0 Å². The molecule has 8 heteroatoms. The van der Waals surface area contributed by atoms with Crippen molar-refractivity contribution in [2.75, 3.05) is 36.4 Å². The molecule has 0 spiro atoms. The van der Waals surface area contributed by atoms with E-state index in [1.807, 2.05) is 59.0 Å². The number of rotatable bonds is 9. The van der Waals surface area contributed by atoms with Gasteiger partial charge in [0.1, 0.15) is 5.82 Å². The number of hydrogen-bond donors (Lipinski definition) is 3. The van der Waals surface area contributed by atoms with Gasteiger partial charge in [0.15, 0.2) is 0 Å². The maximum Gasteiger partial charge on any atom is 0.238 e. The van der Waals surface area contributed by atoms with Crippen LogP contribution in [0.25, 0.3) is 11.0 Å². The lowest BCUT2D eigenvalue weighted by Gasteiger charge is -2.19. The van der Waals surface area contributed by atoms with E-state index in [9.17, 15) is 4.79 Å². The number of aromatic nitrogens is 2. The summed E-state index contributed by atoms with van der Waals surface area (Å²) >= 11 is 1.62. The lowest BCUT2D eigenvalue weighted by Crippen LogP contribution is -2.29. The molecule has 1 aromatic heterocycles. The molecular weight excluding hydrogens is 554 g/mol. The van der Waals surface area contributed by atoms with Gasteiger partial charge in [-0.15, -0.1) is 0 Å². The van der Waals surface area contributed by atoms with Gasteiger partial charge in [0.25, 0.3) is 0 Å². The number of nitrogens with one attached hydrogen (secondary N) is 2. The Morgan fingerprint density at radius 3 is 2.00 bits per heavy atom. The molecule has 0 radical (unpaired) electrons. The van der Waals surface area contributed by atoms with Gasteiger partial charge in [0.2, 0.25) is 5.91 Å². The molecule has 0 unspecified atom stereocenters. The van der Waals surface area contributed by atoms with Crippen LogP contribution in [0.4, 0.5) is 11.4 Å². The smallest absolute Gasteiger partial charge is 0.238 e. The van der Waals surface area contributed by atoms with Gasteiger partial charge < -0.3 is 24.6 Å². The fourth-order valence-electron chi connectivity index (χ4n) is 4.74. The van der Waals surface area contributed by atoms with E-state index in [1.54, 1.807) is 11.9 Å². The van der Waals surface area contributed by atoms with Gasteiger partial charge in [-0.3, -0.25) is 4.79 Å². The number of nitrogens with zero attached hydrogens (tertiary/aromatic N) is 3. The van der Waals surface area contributed by atoms with E-state index in [4.69, 9.17) is 10.1 Å². The largest absolute Gasteiger partial charge is 0.395 e. The van der Waals surface area contributed by atoms with Gasteiger partial charge in [0.05, 0.1) is 24.2 Å². The molecule has 0 saturated heterocycles. The summed E-state index contributed by atoms with van der Waals surface area (Å²) in [5.41, 5.74) is 3.98. The van der Waals surface area contributed by atoms with Gasteiger partial charge in [-0.25, -0.2) is 4.98 Å². The molecule has 7 nitrogen and oxygen atoms in total. The highest BCUT2D eigenvalue weighted by atomic mass is 32.2. The summed E-state index contributed by atoms with van der Waals surface area (Å²) in [6.45, 7) is 18.2. The highest BCUT2D eigenvalue weighted by Gasteiger charge is 2.22. The number of aliphatic hydroxyl groups is 1. The molecule has 1 amide bonds. The number of benzene rings is 2. The molecule has 1 aliphatic carbocycles. The average molecular weight is 614 g/mol. The molecule has 1 aliphatic rings. The number of aliphatic hydroxyl groups excluding tert-OH is 1. The number of amides is 1. The van der Waals surface area contributed by atoms with E-state index in [0.717, 1.165) is 39.7 Å². The molecule has 43 heavy (non-hydrogen) atoms. The molecule has 0 bridgehead atoms. The monoisotopic (exact) mass is 613 g/mol. The molecule has 3 N–H and O–H groups in total. The Morgan fingerprint density at radius 2 is 1.51 bits per heavy atom. The third kappa shape index (κ3) is 13.3. The van der Waals surface area contributed by atoms with Crippen LogP contribution in [0, 0.1) is 0 Å². The number of hydrogen-bond acceptors (Lipinski definition) is 6. The van der Waals surface area contributed by atoms with Crippen LogP contribution in [0.3, 0.4) is 0 Å². The van der Waals surface area contributed by atoms with E-state index >= 15 is 0 Å². The molecule has 4 rings (SSSR count). The van der Waals surface area contributed by atoms with Crippen molar-refractivity contribution in [2.45, 2.75) is 117 Å². The molecule has 1 fully saturated rings. The van der Waals surface area contributed by atoms with Crippen LogP contribution >= 0.6 is 11.9 Å². The summed E-state index contributed by atoms with van der Waals surface area (Å²) in [6, 6.07) is 14.2. The van der Waals surface area contributed by atoms with Crippen molar-refractivity contribution in [3.05, 3.63) is 48.3 Å². The average Bonchev–Trinajstić information content (AvgIpc) is 3.15. The van der Waals surface area contributed by atoms with Crippen molar-refractivity contribution in [1.82, 2.24) is 14.9 Å². The Morgan fingerprint density at radius 1 is 0.953 bits per heavy atom. The Balaban J connectivity index is 0.000000717. The summed E-state index contributed by atoms with van der Waals surface area (Å²) in [5.74, 6) is 0.970. The molecule has 2 aromatic carbocycles. The van der Waals surface area contributed by atoms with Crippen molar-refractivity contribution in [3.8, 4) is 0 Å². The van der Waals surface area contributed by atoms with E-state index in [2.05, 4.69) is 65.4 Å². The van der Waals surface area contributed by atoms with Crippen LogP contribution in [0.15, 0.2) is 47.4 Å². The van der Waals surface area contributed by atoms with E-state index < -0.39 is 0 Å². The van der Waals surface area contributed by atoms with Gasteiger partial charge in [-0.05, 0) is 61.3 Å². The second-order valence-electron chi connectivity index (χ2n) is 11.1. The third-order valence-electron chi connectivity index (χ3n) is 6.79. The van der Waals surface area contributed by atoms with Gasteiger partial charge in [-0.2, -0.15) is 0 Å². The predicted octanol–water partition coefficient (Wildman–Crippen LogP) is 8.80. The van der Waals surface area contributed by atoms with Crippen LogP contribution < -0.4 is 14.9 Å². The minimum Gasteiger partial charge on any atom is -0.395 e. The highest BCUT2D eigenvalue weighted by molar-refractivity contribution is 8.00. The molecule has 0 atom stereocenters. The Labute approximate surface area is 266 Å². The van der Waals surface area contributed by atoms with Crippen LogP contribution in [0.2, 0.25) is 0 Å². The SMILES string of the molecule is C1CCCCCC1.CC.CC.CCn1c(C(C)(C)C)nc2cc(N(C)Sc3ccc(NC(=O)CNCCO)cc3)ccc21. The first-order valence-corrected chi connectivity index (χ1v) is 17.1. The first kappa shape index (κ1) is 38.5. The van der Waals surface area contributed by atoms with E-state index in [0.29, 0.717) is 6.54 Å². The zero-order valence-electron chi connectivity index (χ0n) is 28.4. The van der Waals surface area contributed by atoms with Gasteiger partial charge >= 0.3 is 0 Å². The van der Waals surface area contributed by atoms with Crippen LogP contribution in [-0.4, -0.2) is 47.3 Å². The molecule has 1 saturated carbocycles. The number of aryl methyl sites for hydroxylation is 1.